The highest BCUT2D eigenvalue weighted by atomic mass is 32.1. The first kappa shape index (κ1) is 16.6. The van der Waals surface area contributed by atoms with Gasteiger partial charge in [0.15, 0.2) is 0 Å². The second kappa shape index (κ2) is 6.71. The van der Waals surface area contributed by atoms with Crippen LogP contribution in [0.1, 0.15) is 35.8 Å². The van der Waals surface area contributed by atoms with E-state index in [4.69, 9.17) is 0 Å². The summed E-state index contributed by atoms with van der Waals surface area (Å²) in [6, 6.07) is 8.48. The van der Waals surface area contributed by atoms with E-state index in [0.29, 0.717) is 0 Å². The molecule has 0 bridgehead atoms. The van der Waals surface area contributed by atoms with Crippen molar-refractivity contribution in [1.29, 1.82) is 0 Å². The smallest absolute Gasteiger partial charge is 0.127 e. The predicted molar refractivity (Wildman–Crippen MR) is 93.3 cm³/mol. The fraction of sp³-hybridized carbons (Fsp3) is 0.474. The lowest BCUT2D eigenvalue weighted by atomic mass is 9.75. The van der Waals surface area contributed by atoms with Gasteiger partial charge in [-0.15, -0.1) is 11.3 Å². The molecule has 1 fully saturated rings. The Hall–Kier alpha value is -1.23. The number of hydrogen-bond acceptors (Lipinski definition) is 3. The van der Waals surface area contributed by atoms with Gasteiger partial charge in [-0.2, -0.15) is 0 Å². The highest BCUT2D eigenvalue weighted by Crippen LogP contribution is 2.44. The molecule has 1 aliphatic heterocycles. The van der Waals surface area contributed by atoms with Crippen LogP contribution in [0.4, 0.5) is 4.39 Å². The average Bonchev–Trinajstić information content (AvgIpc) is 3.05. The summed E-state index contributed by atoms with van der Waals surface area (Å²) >= 11 is 1.62. The van der Waals surface area contributed by atoms with Crippen LogP contribution in [0.3, 0.4) is 0 Å². The van der Waals surface area contributed by atoms with E-state index >= 15 is 0 Å². The van der Waals surface area contributed by atoms with E-state index in [0.717, 1.165) is 42.8 Å². The molecule has 0 radical (unpaired) electrons. The molecule has 1 aliphatic rings. The van der Waals surface area contributed by atoms with Crippen molar-refractivity contribution in [1.82, 2.24) is 4.90 Å². The minimum Gasteiger partial charge on any atom is -0.379 e. The van der Waals surface area contributed by atoms with Gasteiger partial charge < -0.3 is 10.0 Å². The summed E-state index contributed by atoms with van der Waals surface area (Å²) in [6.45, 7) is 4.10. The van der Waals surface area contributed by atoms with Gasteiger partial charge in [-0.25, -0.2) is 4.39 Å². The van der Waals surface area contributed by atoms with Crippen LogP contribution in [0.2, 0.25) is 0 Å². The number of nitrogens with zero attached hydrogens (tertiary/aromatic N) is 1. The van der Waals surface area contributed by atoms with E-state index in [1.165, 1.54) is 17.7 Å². The molecule has 23 heavy (non-hydrogen) atoms. The highest BCUT2D eigenvalue weighted by Gasteiger charge is 2.42. The van der Waals surface area contributed by atoms with Gasteiger partial charge in [0.1, 0.15) is 11.4 Å². The molecule has 1 aromatic carbocycles. The summed E-state index contributed by atoms with van der Waals surface area (Å²) in [5.74, 6) is -0.104. The molecule has 2 nitrogen and oxygen atoms in total. The molecule has 0 aliphatic carbocycles. The first-order chi connectivity index (χ1) is 11.0. The summed E-state index contributed by atoms with van der Waals surface area (Å²) in [7, 11) is 2.12. The zero-order chi connectivity index (χ0) is 16.4. The van der Waals surface area contributed by atoms with Gasteiger partial charge in [0.25, 0.3) is 0 Å². The van der Waals surface area contributed by atoms with E-state index in [2.05, 4.69) is 30.3 Å². The Balaban J connectivity index is 2.03. The van der Waals surface area contributed by atoms with Gasteiger partial charge in [-0.1, -0.05) is 19.1 Å². The third-order valence-electron chi connectivity index (χ3n) is 5.03. The Labute approximate surface area is 141 Å². The molecule has 4 heteroatoms. The number of aliphatic hydroxyl groups is 1. The number of aryl methyl sites for hydroxylation is 1. The Morgan fingerprint density at radius 2 is 1.91 bits per heavy atom. The van der Waals surface area contributed by atoms with E-state index in [1.807, 2.05) is 0 Å². The van der Waals surface area contributed by atoms with Crippen LogP contribution >= 0.6 is 11.3 Å². The van der Waals surface area contributed by atoms with Crippen molar-refractivity contribution < 1.29 is 9.50 Å². The van der Waals surface area contributed by atoms with E-state index in [9.17, 15) is 9.50 Å². The van der Waals surface area contributed by atoms with Crippen LogP contribution in [0.25, 0.3) is 0 Å². The molecule has 0 amide bonds. The second-order valence-corrected chi connectivity index (χ2v) is 7.43. The summed E-state index contributed by atoms with van der Waals surface area (Å²) < 4.78 is 13.3. The van der Waals surface area contributed by atoms with E-state index < -0.39 is 5.60 Å². The summed E-state index contributed by atoms with van der Waals surface area (Å²) in [4.78, 5) is 3.28. The maximum atomic E-state index is 13.3. The third-order valence-corrected chi connectivity index (χ3v) is 6.13. The monoisotopic (exact) mass is 333 g/mol. The summed E-state index contributed by atoms with van der Waals surface area (Å²) in [5, 5.41) is 13.9. The van der Waals surface area contributed by atoms with E-state index in [-0.39, 0.29) is 11.7 Å². The average molecular weight is 333 g/mol. The topological polar surface area (TPSA) is 23.5 Å². The quantitative estimate of drug-likeness (QED) is 0.913. The first-order valence-corrected chi connectivity index (χ1v) is 9.16. The van der Waals surface area contributed by atoms with Gasteiger partial charge >= 0.3 is 0 Å². The molecule has 0 spiro atoms. The molecular formula is C19H24FNOS. The van der Waals surface area contributed by atoms with Crippen LogP contribution in [-0.4, -0.2) is 30.1 Å². The number of likely N-dealkylation sites (tertiary alicyclic amines) is 1. The van der Waals surface area contributed by atoms with Crippen molar-refractivity contribution in [3.63, 3.8) is 0 Å². The lowest BCUT2D eigenvalue weighted by molar-refractivity contribution is -0.00801. The minimum atomic E-state index is -1.02. The molecule has 124 valence electrons. The number of rotatable bonds is 4. The molecule has 1 N–H and O–H groups in total. The Morgan fingerprint density at radius 1 is 1.26 bits per heavy atom. The van der Waals surface area contributed by atoms with Crippen LogP contribution in [0.5, 0.6) is 0 Å². The second-order valence-electron chi connectivity index (χ2n) is 6.52. The molecule has 1 aromatic heterocycles. The number of hydrogen-bond donors (Lipinski definition) is 1. The SMILES string of the molecule is CCc1csc(C(O)(c2ccc(F)cc2)C2CCN(C)CC2)c1. The van der Waals surface area contributed by atoms with E-state index in [1.54, 1.807) is 23.5 Å². The summed E-state index contributed by atoms with van der Waals surface area (Å²) in [5.41, 5.74) is 1.03. The van der Waals surface area contributed by atoms with Crippen LogP contribution < -0.4 is 0 Å². The molecule has 0 saturated carbocycles. The standard InChI is InChI=1S/C19H24FNOS/c1-3-14-12-18(23-13-14)19(22,15-4-6-17(20)7-5-15)16-8-10-21(2)11-9-16/h4-7,12-13,16,22H,3,8-11H2,1-2H3. The predicted octanol–water partition coefficient (Wildman–Crippen LogP) is 4.03. The number of benzene rings is 1. The number of halogens is 1. The Morgan fingerprint density at radius 3 is 2.48 bits per heavy atom. The highest BCUT2D eigenvalue weighted by molar-refractivity contribution is 7.10. The van der Waals surface area contributed by atoms with Crippen molar-refractivity contribution in [2.75, 3.05) is 20.1 Å². The fourth-order valence-corrected chi connectivity index (χ4v) is 4.67. The maximum absolute atomic E-state index is 13.3. The van der Waals surface area contributed by atoms with Crippen LogP contribution in [-0.2, 0) is 12.0 Å². The van der Waals surface area contributed by atoms with Crippen molar-refractivity contribution in [2.24, 2.45) is 5.92 Å². The molecule has 1 unspecified atom stereocenters. The van der Waals surface area contributed by atoms with Crippen LogP contribution in [0, 0.1) is 11.7 Å². The van der Waals surface area contributed by atoms with Crippen LogP contribution in [0.15, 0.2) is 35.7 Å². The molecule has 1 saturated heterocycles. The van der Waals surface area contributed by atoms with Gasteiger partial charge in [0.2, 0.25) is 0 Å². The molecule has 2 aromatic rings. The van der Waals surface area contributed by atoms with Gasteiger partial charge in [0, 0.05) is 4.88 Å². The Kier molecular flexibility index (Phi) is 4.85. The van der Waals surface area contributed by atoms with Gasteiger partial charge in [0.05, 0.1) is 0 Å². The lowest BCUT2D eigenvalue weighted by Gasteiger charge is -2.40. The molecular weight excluding hydrogens is 309 g/mol. The van der Waals surface area contributed by atoms with Crippen molar-refractivity contribution in [3.8, 4) is 0 Å². The molecule has 3 rings (SSSR count). The normalized spacial score (nSPS) is 19.7. The van der Waals surface area contributed by atoms with Gasteiger partial charge in [-0.3, -0.25) is 0 Å². The zero-order valence-corrected chi connectivity index (χ0v) is 14.6. The number of piperidine rings is 1. The first-order valence-electron chi connectivity index (χ1n) is 8.29. The Bertz CT molecular complexity index is 646. The number of thiophene rings is 1. The fourth-order valence-electron chi connectivity index (χ4n) is 3.47. The van der Waals surface area contributed by atoms with Gasteiger partial charge in [-0.05, 0) is 80.0 Å². The summed E-state index contributed by atoms with van der Waals surface area (Å²) in [6.07, 6.45) is 2.86. The zero-order valence-electron chi connectivity index (χ0n) is 13.8. The van der Waals surface area contributed by atoms with Crippen molar-refractivity contribution in [2.45, 2.75) is 31.8 Å². The minimum absolute atomic E-state index is 0.160. The molecule has 1 atom stereocenters. The van der Waals surface area contributed by atoms with Crippen molar-refractivity contribution >= 4 is 11.3 Å². The third kappa shape index (κ3) is 3.21. The lowest BCUT2D eigenvalue weighted by Crippen LogP contribution is -2.42. The molecule has 2 heterocycles. The largest absolute Gasteiger partial charge is 0.379 e. The van der Waals surface area contributed by atoms with Crippen molar-refractivity contribution in [3.05, 3.63) is 57.5 Å². The maximum Gasteiger partial charge on any atom is 0.127 e.